The molecule has 5 unspecified atom stereocenters. The fourth-order valence-electron chi connectivity index (χ4n) is 10.7. The van der Waals surface area contributed by atoms with Gasteiger partial charge in [0.05, 0.1) is 131 Å². The third kappa shape index (κ3) is 33.9. The SMILES string of the molecule is CC1C=CN(C)CC1.CCOC(=O)c1cc[nH]c1.CCOC(=O)c1ccn(C2C=CN(C)CC2)c1.CCOC(=O)c1ccn(C2C=CN(C)CC2)n1.CCOC(=O)c1ccn[nH]1.CCOC(=O)c1cn(C2C=CN(C)CC2)cn1.CCOC(=O)c1cn[nH]c1.CCOC(=O)c1cnc[nH]1.CCOC(=O)c1cnn(C2C=CN(C)CC2)c1. The van der Waals surface area contributed by atoms with Crippen molar-refractivity contribution in [2.75, 3.05) is 121 Å². The molecule has 8 aromatic heterocycles. The summed E-state index contributed by atoms with van der Waals surface area (Å²) in [7, 11) is 10.3. The molecule has 13 heterocycles. The molecule has 0 saturated heterocycles. The van der Waals surface area contributed by atoms with Crippen LogP contribution in [0.5, 0.6) is 0 Å². The minimum absolute atomic E-state index is 0.231. The van der Waals surface area contributed by atoms with Crippen LogP contribution in [0.4, 0.5) is 0 Å². The van der Waals surface area contributed by atoms with Crippen LogP contribution >= 0.6 is 0 Å². The predicted octanol–water partition coefficient (Wildman–Crippen LogP) is 10.8. The quantitative estimate of drug-likeness (QED) is 0.0407. The van der Waals surface area contributed by atoms with E-state index in [4.69, 9.17) is 23.7 Å². The van der Waals surface area contributed by atoms with Gasteiger partial charge in [-0.2, -0.15) is 20.4 Å². The number of imidazole rings is 2. The second-order valence-corrected chi connectivity index (χ2v) is 26.0. The van der Waals surface area contributed by atoms with E-state index >= 15 is 0 Å². The van der Waals surface area contributed by atoms with Gasteiger partial charge in [-0.15, -0.1) is 0 Å². The van der Waals surface area contributed by atoms with Crippen LogP contribution in [-0.2, 0) is 37.9 Å². The number of aromatic nitrogens is 14. The lowest BCUT2D eigenvalue weighted by Gasteiger charge is -2.25. The van der Waals surface area contributed by atoms with Gasteiger partial charge in [0.2, 0.25) is 0 Å². The molecule has 5 aliphatic heterocycles. The standard InChI is InChI=1S/C13H18N2O2.3C12H17N3O2.C7H9NO2.C7H13N.3C6H8N2O2/c1-3-17-13(16)11-4-9-15(10-11)12-5-7-14(2)8-6-12;1-3-17-12(16)11-6-9-15(13-11)10-4-7-14(2)8-5-10;1-3-17-12(16)10-8-13-15(9-10)11-4-6-14(2)7-5-11;1-3-17-12(16)11-8-15(9-13-11)10-4-6-14(2)7-5-10;1-2-10-7(9)6-3-4-8-5-6;1-7-3-5-8(2)6-4-7;1-2-10-6(9)5-3-7-4-8-5;1-2-10-6(9)5-3-7-8-4-5;1-2-10-6(9)5-3-4-7-8-5/h4-5,7,9-10,12H,3,6,8H2,1-2H3;4,6-7,9-10H,3,5,8H2,1-2H3;4,6,8-9,11H,3,5,7H2,1-2H3;4,6,8-10H,3,5,7H2,1-2H3;3-5,8H,2H2,1H3;3,5,7H,4,6H2,1-2H3;3*3-4H,2H2,1H3,(H,7,8). The highest BCUT2D eigenvalue weighted by Gasteiger charge is 2.21. The Labute approximate surface area is 677 Å². The molecule has 116 heavy (non-hydrogen) atoms. The zero-order valence-corrected chi connectivity index (χ0v) is 69.0. The first kappa shape index (κ1) is 93.9. The van der Waals surface area contributed by atoms with Crippen molar-refractivity contribution in [1.29, 1.82) is 0 Å². The first-order valence-corrected chi connectivity index (χ1v) is 38.7. The molecule has 0 radical (unpaired) electrons. The summed E-state index contributed by atoms with van der Waals surface area (Å²) in [5.74, 6) is -1.81. The van der Waals surface area contributed by atoms with Crippen LogP contribution < -0.4 is 0 Å². The summed E-state index contributed by atoms with van der Waals surface area (Å²) >= 11 is 0. The number of rotatable bonds is 20. The first-order valence-electron chi connectivity index (χ1n) is 38.7. The molecule has 4 N–H and O–H groups in total. The largest absolute Gasteiger partial charge is 0.462 e. The lowest BCUT2D eigenvalue weighted by molar-refractivity contribution is 0.0509. The minimum atomic E-state index is -0.361. The summed E-state index contributed by atoms with van der Waals surface area (Å²) in [6, 6.07) is 7.84. The molecule has 630 valence electrons. The van der Waals surface area contributed by atoms with Gasteiger partial charge in [0.15, 0.2) is 11.4 Å². The average molecular weight is 1610 g/mol. The number of nitrogens with one attached hydrogen (secondary N) is 4. The number of hydrogen-bond acceptors (Lipinski definition) is 27. The zero-order valence-electron chi connectivity index (χ0n) is 69.0. The van der Waals surface area contributed by atoms with Crippen molar-refractivity contribution < 1.29 is 76.3 Å². The number of carbonyl (C=O) groups is 8. The van der Waals surface area contributed by atoms with Crippen LogP contribution in [-0.4, -0.2) is 262 Å². The van der Waals surface area contributed by atoms with E-state index < -0.39 is 0 Å². The Morgan fingerprint density at radius 1 is 0.422 bits per heavy atom. The number of H-pyrrole nitrogens is 4. The molecule has 13 rings (SSSR count). The van der Waals surface area contributed by atoms with Crippen molar-refractivity contribution in [3.63, 3.8) is 0 Å². The van der Waals surface area contributed by atoms with Gasteiger partial charge in [-0.25, -0.2) is 48.3 Å². The highest BCUT2D eigenvalue weighted by Crippen LogP contribution is 2.23. The van der Waals surface area contributed by atoms with Gasteiger partial charge < -0.3 is 81.5 Å². The fourth-order valence-corrected chi connectivity index (χ4v) is 10.7. The molecule has 0 bridgehead atoms. The molecule has 0 saturated carbocycles. The van der Waals surface area contributed by atoms with Crippen molar-refractivity contribution in [3.8, 4) is 0 Å². The molecule has 8 aromatic rings. The van der Waals surface area contributed by atoms with E-state index in [1.54, 1.807) is 104 Å². The Hall–Kier alpha value is -12.7. The number of nitrogens with zero attached hydrogens (tertiary/aromatic N) is 15. The Balaban J connectivity index is 0.000000236. The van der Waals surface area contributed by atoms with Crippen molar-refractivity contribution >= 4 is 47.8 Å². The molecular formula is C81H115N19O16. The lowest BCUT2D eigenvalue weighted by Crippen LogP contribution is -2.22. The van der Waals surface area contributed by atoms with Crippen molar-refractivity contribution in [1.82, 2.24) is 93.5 Å². The highest BCUT2D eigenvalue weighted by molar-refractivity contribution is 5.91. The summed E-state index contributed by atoms with van der Waals surface area (Å²) in [4.78, 5) is 113. The number of ether oxygens (including phenoxy) is 8. The monoisotopic (exact) mass is 1610 g/mol. The summed E-state index contributed by atoms with van der Waals surface area (Å²) in [6.07, 6.45) is 49.4. The number of allylic oxidation sites excluding steroid dienone is 5. The van der Waals surface area contributed by atoms with Crippen molar-refractivity contribution in [2.24, 2.45) is 5.92 Å². The van der Waals surface area contributed by atoms with Crippen LogP contribution in [0.1, 0.15) is 202 Å². The van der Waals surface area contributed by atoms with Crippen LogP contribution in [0.2, 0.25) is 0 Å². The second-order valence-electron chi connectivity index (χ2n) is 26.0. The first-order chi connectivity index (χ1) is 56.0. The third-order valence-electron chi connectivity index (χ3n) is 17.0. The Bertz CT molecular complexity index is 3760. The summed E-state index contributed by atoms with van der Waals surface area (Å²) < 4.78 is 46.1. The van der Waals surface area contributed by atoms with E-state index in [0.29, 0.717) is 104 Å². The lowest BCUT2D eigenvalue weighted by atomic mass is 10.1. The van der Waals surface area contributed by atoms with Crippen LogP contribution in [0.25, 0.3) is 0 Å². The minimum Gasteiger partial charge on any atom is -0.462 e. The molecule has 0 aliphatic carbocycles. The van der Waals surface area contributed by atoms with Gasteiger partial charge in [-0.05, 0) is 173 Å². The van der Waals surface area contributed by atoms with E-state index in [1.165, 1.54) is 44.1 Å². The van der Waals surface area contributed by atoms with Crippen LogP contribution in [0, 0.1) is 5.92 Å². The topological polar surface area (TPSA) is 387 Å². The fraction of sp³-hybridized carbons (Fsp3) is 0.457. The average Bonchev–Trinajstić information content (AvgIpc) is 1.74. The van der Waals surface area contributed by atoms with Crippen molar-refractivity contribution in [2.45, 2.75) is 119 Å². The highest BCUT2D eigenvalue weighted by atomic mass is 16.6. The molecule has 35 heteroatoms. The van der Waals surface area contributed by atoms with E-state index in [-0.39, 0.29) is 65.9 Å². The Morgan fingerprint density at radius 3 is 1.35 bits per heavy atom. The second kappa shape index (κ2) is 52.6. The molecule has 0 amide bonds. The molecule has 5 aliphatic rings. The predicted molar refractivity (Wildman–Crippen MR) is 433 cm³/mol. The molecule has 0 fully saturated rings. The van der Waals surface area contributed by atoms with Gasteiger partial charge in [-0.3, -0.25) is 19.6 Å². The van der Waals surface area contributed by atoms with Gasteiger partial charge in [0.25, 0.3) is 0 Å². The number of hydrogen-bond donors (Lipinski definition) is 4. The molecule has 5 atom stereocenters. The maximum absolute atomic E-state index is 11.5. The number of esters is 8. The summed E-state index contributed by atoms with van der Waals surface area (Å²) in [6.45, 7) is 24.9. The third-order valence-corrected chi connectivity index (χ3v) is 17.0. The molecule has 0 aromatic carbocycles. The number of aromatic amines is 4. The molecular weight excluding hydrogens is 1500 g/mol. The Morgan fingerprint density at radius 2 is 0.897 bits per heavy atom. The van der Waals surface area contributed by atoms with Gasteiger partial charge in [-0.1, -0.05) is 13.0 Å². The Kier molecular flexibility index (Phi) is 42.5. The normalized spacial score (nSPS) is 16.6. The smallest absolute Gasteiger partial charge is 0.358 e. The van der Waals surface area contributed by atoms with Crippen LogP contribution in [0.3, 0.4) is 0 Å². The van der Waals surface area contributed by atoms with Gasteiger partial charge in [0, 0.05) is 124 Å². The zero-order chi connectivity index (χ0) is 84.6. The van der Waals surface area contributed by atoms with E-state index in [0.717, 1.165) is 57.8 Å². The van der Waals surface area contributed by atoms with Crippen LogP contribution in [0.15, 0.2) is 173 Å². The van der Waals surface area contributed by atoms with Gasteiger partial charge >= 0.3 is 47.8 Å². The summed E-state index contributed by atoms with van der Waals surface area (Å²) in [5, 5.41) is 20.7. The number of carbonyl (C=O) groups excluding carboxylic acids is 8. The molecule has 35 nitrogen and oxygen atoms in total. The summed E-state index contributed by atoms with van der Waals surface area (Å²) in [5.41, 5.74) is 3.70. The maximum Gasteiger partial charge on any atom is 0.358 e. The van der Waals surface area contributed by atoms with E-state index in [1.807, 2.05) is 79.1 Å². The van der Waals surface area contributed by atoms with E-state index in [9.17, 15) is 38.4 Å². The molecule has 0 spiro atoms. The van der Waals surface area contributed by atoms with Gasteiger partial charge in [0.1, 0.15) is 11.4 Å². The van der Waals surface area contributed by atoms with E-state index in [2.05, 4.69) is 164 Å². The van der Waals surface area contributed by atoms with Crippen molar-refractivity contribution in [3.05, 3.63) is 218 Å². The maximum atomic E-state index is 11.5.